The van der Waals surface area contributed by atoms with Crippen molar-refractivity contribution in [3.05, 3.63) is 35.1 Å². The monoisotopic (exact) mass is 204 g/mol. The third-order valence-corrected chi connectivity index (χ3v) is 1.89. The Balaban J connectivity index is 3.05. The predicted octanol–water partition coefficient (Wildman–Crippen LogP) is 2.61. The number of rotatable bonds is 3. The van der Waals surface area contributed by atoms with Gasteiger partial charge in [-0.1, -0.05) is 0 Å². The molecule has 0 atom stereocenters. The van der Waals surface area contributed by atoms with Crippen LogP contribution in [-0.2, 0) is 5.92 Å². The lowest BCUT2D eigenvalue weighted by Gasteiger charge is -2.15. The predicted molar refractivity (Wildman–Crippen MR) is 46.7 cm³/mol. The molecular formula is C10H11F3O. The molecule has 0 aliphatic carbocycles. The Kier molecular flexibility index (Phi) is 3.16. The zero-order valence-electron chi connectivity index (χ0n) is 7.73. The summed E-state index contributed by atoms with van der Waals surface area (Å²) in [6, 6.07) is 3.19. The third-order valence-electron chi connectivity index (χ3n) is 1.89. The molecule has 1 N–H and O–H groups in total. The van der Waals surface area contributed by atoms with Gasteiger partial charge in [0.2, 0.25) is 0 Å². The van der Waals surface area contributed by atoms with Crippen LogP contribution in [0.2, 0.25) is 0 Å². The van der Waals surface area contributed by atoms with E-state index in [0.29, 0.717) is 5.56 Å². The highest BCUT2D eigenvalue weighted by Crippen LogP contribution is 2.32. The average Bonchev–Trinajstić information content (AvgIpc) is 2.02. The molecule has 1 aromatic rings. The summed E-state index contributed by atoms with van der Waals surface area (Å²) in [5, 5.41) is 8.43. The van der Waals surface area contributed by atoms with Gasteiger partial charge in [-0.25, -0.2) is 13.2 Å². The first-order valence-corrected chi connectivity index (χ1v) is 4.22. The minimum Gasteiger partial charge on any atom is -0.396 e. The van der Waals surface area contributed by atoms with Gasteiger partial charge in [0.15, 0.2) is 0 Å². The van der Waals surface area contributed by atoms with Gasteiger partial charge in [0.1, 0.15) is 5.82 Å². The van der Waals surface area contributed by atoms with Gasteiger partial charge in [0, 0.05) is 18.6 Å². The summed E-state index contributed by atoms with van der Waals surface area (Å²) in [6.45, 7) is 0.921. The Hall–Kier alpha value is -1.03. The lowest BCUT2D eigenvalue weighted by molar-refractivity contribution is -0.0272. The maximum Gasteiger partial charge on any atom is 0.275 e. The topological polar surface area (TPSA) is 20.2 Å². The zero-order chi connectivity index (χ0) is 10.8. The lowest BCUT2D eigenvalue weighted by Crippen LogP contribution is -2.15. The van der Waals surface area contributed by atoms with E-state index in [9.17, 15) is 13.2 Å². The average molecular weight is 204 g/mol. The molecule has 0 heterocycles. The van der Waals surface area contributed by atoms with E-state index in [4.69, 9.17) is 5.11 Å². The highest BCUT2D eigenvalue weighted by molar-refractivity contribution is 5.27. The van der Waals surface area contributed by atoms with Crippen LogP contribution in [0.1, 0.15) is 17.5 Å². The number of hydrogen-bond donors (Lipinski definition) is 1. The number of aliphatic hydroxyl groups is 1. The first-order valence-electron chi connectivity index (χ1n) is 4.22. The fourth-order valence-corrected chi connectivity index (χ4v) is 1.23. The Bertz CT molecular complexity index is 303. The van der Waals surface area contributed by atoms with Crippen molar-refractivity contribution >= 4 is 0 Å². The van der Waals surface area contributed by atoms with Crippen molar-refractivity contribution < 1.29 is 18.3 Å². The molecule has 78 valence electrons. The molecule has 0 unspecified atom stereocenters. The van der Waals surface area contributed by atoms with E-state index in [1.54, 1.807) is 6.92 Å². The van der Waals surface area contributed by atoms with Crippen molar-refractivity contribution in [1.29, 1.82) is 0 Å². The van der Waals surface area contributed by atoms with E-state index < -0.39 is 24.8 Å². The van der Waals surface area contributed by atoms with E-state index in [-0.39, 0.29) is 5.56 Å². The molecule has 1 aromatic carbocycles. The van der Waals surface area contributed by atoms with Gasteiger partial charge in [-0.3, -0.25) is 0 Å². The molecule has 1 nitrogen and oxygen atoms in total. The summed E-state index contributed by atoms with van der Waals surface area (Å²) in [5.74, 6) is -3.85. The normalized spacial score (nSPS) is 11.8. The molecule has 14 heavy (non-hydrogen) atoms. The molecule has 0 bridgehead atoms. The molecule has 0 fully saturated rings. The van der Waals surface area contributed by atoms with Crippen molar-refractivity contribution in [3.63, 3.8) is 0 Å². The van der Waals surface area contributed by atoms with Crippen LogP contribution in [0.25, 0.3) is 0 Å². The van der Waals surface area contributed by atoms with Gasteiger partial charge in [-0.2, -0.15) is 0 Å². The number of hydrogen-bond acceptors (Lipinski definition) is 1. The molecule has 0 aromatic heterocycles. The first-order chi connectivity index (χ1) is 6.45. The van der Waals surface area contributed by atoms with Crippen molar-refractivity contribution in [1.82, 2.24) is 0 Å². The highest BCUT2D eigenvalue weighted by Gasteiger charge is 2.31. The van der Waals surface area contributed by atoms with Crippen molar-refractivity contribution in [2.75, 3.05) is 6.61 Å². The van der Waals surface area contributed by atoms with Crippen LogP contribution >= 0.6 is 0 Å². The summed E-state index contributed by atoms with van der Waals surface area (Å²) < 4.78 is 39.2. The molecule has 1 rings (SSSR count). The molecule has 0 aliphatic heterocycles. The fourth-order valence-electron chi connectivity index (χ4n) is 1.23. The number of aryl methyl sites for hydroxylation is 1. The summed E-state index contributed by atoms with van der Waals surface area (Å²) in [7, 11) is 0. The molecule has 0 amide bonds. The first kappa shape index (κ1) is 11.0. The van der Waals surface area contributed by atoms with E-state index in [1.165, 1.54) is 12.1 Å². The van der Waals surface area contributed by atoms with Crippen LogP contribution < -0.4 is 0 Å². The largest absolute Gasteiger partial charge is 0.396 e. The summed E-state index contributed by atoms with van der Waals surface area (Å²) in [5.41, 5.74) is 0.0571. The van der Waals surface area contributed by atoms with E-state index in [0.717, 1.165) is 6.07 Å². The van der Waals surface area contributed by atoms with E-state index in [1.807, 2.05) is 0 Å². The Labute approximate surface area is 80.2 Å². The fraction of sp³-hybridized carbons (Fsp3) is 0.400. The van der Waals surface area contributed by atoms with Gasteiger partial charge in [-0.05, 0) is 30.7 Å². The minimum atomic E-state index is -3.17. The molecule has 0 radical (unpaired) electrons. The van der Waals surface area contributed by atoms with Gasteiger partial charge in [-0.15, -0.1) is 0 Å². The maximum absolute atomic E-state index is 13.2. The van der Waals surface area contributed by atoms with Crippen molar-refractivity contribution in [3.8, 4) is 0 Å². The van der Waals surface area contributed by atoms with Crippen LogP contribution in [0.4, 0.5) is 13.2 Å². The van der Waals surface area contributed by atoms with Crippen LogP contribution in [0.5, 0.6) is 0 Å². The molecule has 0 spiro atoms. The Morgan fingerprint density at radius 1 is 1.29 bits per heavy atom. The van der Waals surface area contributed by atoms with Gasteiger partial charge in [0.25, 0.3) is 5.92 Å². The van der Waals surface area contributed by atoms with Crippen LogP contribution in [0, 0.1) is 12.7 Å². The molecular weight excluding hydrogens is 193 g/mol. The smallest absolute Gasteiger partial charge is 0.275 e. The van der Waals surface area contributed by atoms with Crippen molar-refractivity contribution in [2.24, 2.45) is 0 Å². The lowest BCUT2D eigenvalue weighted by atomic mass is 10.0. The quantitative estimate of drug-likeness (QED) is 0.802. The standard InChI is InChI=1S/C10H11F3O/c1-7-4-8(6-9(11)5-7)10(12,13)2-3-14/h4-6,14H,2-3H2,1H3. The zero-order valence-corrected chi connectivity index (χ0v) is 7.73. The number of aliphatic hydroxyl groups excluding tert-OH is 1. The molecule has 0 saturated carbocycles. The maximum atomic E-state index is 13.2. The van der Waals surface area contributed by atoms with Crippen LogP contribution in [-0.4, -0.2) is 11.7 Å². The molecule has 0 saturated heterocycles. The van der Waals surface area contributed by atoms with Crippen LogP contribution in [0.3, 0.4) is 0 Å². The second kappa shape index (κ2) is 4.00. The second-order valence-electron chi connectivity index (χ2n) is 3.20. The second-order valence-corrected chi connectivity index (χ2v) is 3.20. The minimum absolute atomic E-state index is 0.385. The van der Waals surface area contributed by atoms with Gasteiger partial charge < -0.3 is 5.11 Å². The van der Waals surface area contributed by atoms with Gasteiger partial charge in [0.05, 0.1) is 0 Å². The molecule has 0 aliphatic rings. The van der Waals surface area contributed by atoms with Crippen molar-refractivity contribution in [2.45, 2.75) is 19.3 Å². The Morgan fingerprint density at radius 2 is 1.93 bits per heavy atom. The summed E-state index contributed by atoms with van der Waals surface area (Å²) in [4.78, 5) is 0. The Morgan fingerprint density at radius 3 is 2.43 bits per heavy atom. The molecule has 4 heteroatoms. The summed E-state index contributed by atoms with van der Waals surface area (Å²) >= 11 is 0. The SMILES string of the molecule is Cc1cc(F)cc(C(F)(F)CCO)c1. The van der Waals surface area contributed by atoms with Crippen LogP contribution in [0.15, 0.2) is 18.2 Å². The van der Waals surface area contributed by atoms with E-state index >= 15 is 0 Å². The highest BCUT2D eigenvalue weighted by atomic mass is 19.3. The van der Waals surface area contributed by atoms with Gasteiger partial charge >= 0.3 is 0 Å². The number of halogens is 3. The third kappa shape index (κ3) is 2.48. The summed E-state index contributed by atoms with van der Waals surface area (Å²) in [6.07, 6.45) is -0.685. The number of alkyl halides is 2. The number of benzene rings is 1. The van der Waals surface area contributed by atoms with E-state index in [2.05, 4.69) is 0 Å².